The molecule has 8 rings (SSSR count). The average molecular weight is 477 g/mol. The molecule has 6 aromatic carbocycles. The average Bonchev–Trinajstić information content (AvgIpc) is 3.17. The van der Waals surface area contributed by atoms with Gasteiger partial charge in [0.2, 0.25) is 0 Å². The molecular formula is C37H32. The van der Waals surface area contributed by atoms with Crippen molar-refractivity contribution in [3.05, 3.63) is 108 Å². The highest BCUT2D eigenvalue weighted by atomic mass is 14.4. The van der Waals surface area contributed by atoms with Gasteiger partial charge in [-0.05, 0) is 96.1 Å². The highest BCUT2D eigenvalue weighted by Gasteiger charge is 2.36. The number of hydrogen-bond acceptors (Lipinski definition) is 0. The van der Waals surface area contributed by atoms with Crippen molar-refractivity contribution < 1.29 is 0 Å². The highest BCUT2D eigenvalue weighted by molar-refractivity contribution is 6.25. The van der Waals surface area contributed by atoms with E-state index in [2.05, 4.69) is 105 Å². The van der Waals surface area contributed by atoms with E-state index in [0.29, 0.717) is 0 Å². The Morgan fingerprint density at radius 3 is 1.97 bits per heavy atom. The first-order valence-electron chi connectivity index (χ1n) is 14.1. The van der Waals surface area contributed by atoms with Gasteiger partial charge < -0.3 is 0 Å². The number of rotatable bonds is 2. The zero-order chi connectivity index (χ0) is 24.7. The van der Waals surface area contributed by atoms with Gasteiger partial charge in [-0.2, -0.15) is 0 Å². The molecule has 1 fully saturated rings. The molecule has 0 heterocycles. The predicted molar refractivity (Wildman–Crippen MR) is 159 cm³/mol. The molecule has 0 heteroatoms. The van der Waals surface area contributed by atoms with E-state index in [0.717, 1.165) is 5.92 Å². The third-order valence-electron chi connectivity index (χ3n) is 9.62. The lowest BCUT2D eigenvalue weighted by molar-refractivity contribution is 0.443. The van der Waals surface area contributed by atoms with Crippen molar-refractivity contribution in [2.75, 3.05) is 0 Å². The second-order valence-corrected chi connectivity index (χ2v) is 12.0. The van der Waals surface area contributed by atoms with Crippen LogP contribution in [0, 0.1) is 0 Å². The zero-order valence-corrected chi connectivity index (χ0v) is 21.8. The van der Waals surface area contributed by atoms with Gasteiger partial charge in [0.1, 0.15) is 0 Å². The van der Waals surface area contributed by atoms with Crippen LogP contribution in [0.4, 0.5) is 0 Å². The van der Waals surface area contributed by atoms with Crippen molar-refractivity contribution in [1.82, 2.24) is 0 Å². The Kier molecular flexibility index (Phi) is 4.45. The standard InChI is InChI=1S/C37H32/c1-37(2)33-21-27(23-7-4-3-5-8-23)15-18-30(33)31-19-16-28(22-34(31)37)29-17-13-26-12-11-24-9-6-10-25-14-20-32(29)36(26)35(24)25/h6,9-23H,3-5,7-8H2,1-2H3. The van der Waals surface area contributed by atoms with Gasteiger partial charge in [-0.25, -0.2) is 0 Å². The van der Waals surface area contributed by atoms with Crippen LogP contribution in [-0.4, -0.2) is 0 Å². The second kappa shape index (κ2) is 7.68. The Hall–Kier alpha value is -3.64. The molecule has 0 spiro atoms. The minimum absolute atomic E-state index is 0.00907. The van der Waals surface area contributed by atoms with Crippen LogP contribution in [-0.2, 0) is 5.41 Å². The molecule has 0 unspecified atom stereocenters. The van der Waals surface area contributed by atoms with Crippen molar-refractivity contribution in [3.8, 4) is 22.3 Å². The molecule has 37 heavy (non-hydrogen) atoms. The zero-order valence-electron chi connectivity index (χ0n) is 21.8. The van der Waals surface area contributed by atoms with E-state index in [-0.39, 0.29) is 5.41 Å². The summed E-state index contributed by atoms with van der Waals surface area (Å²) in [6.07, 6.45) is 6.88. The van der Waals surface area contributed by atoms with Gasteiger partial charge in [0.05, 0.1) is 0 Å². The van der Waals surface area contributed by atoms with Crippen LogP contribution < -0.4 is 0 Å². The minimum Gasteiger partial charge on any atom is -0.0610 e. The maximum atomic E-state index is 2.56. The first-order chi connectivity index (χ1) is 18.1. The fourth-order valence-electron chi connectivity index (χ4n) is 7.60. The van der Waals surface area contributed by atoms with Crippen molar-refractivity contribution in [2.24, 2.45) is 0 Å². The Morgan fingerprint density at radius 1 is 0.568 bits per heavy atom. The summed E-state index contributed by atoms with van der Waals surface area (Å²) in [5, 5.41) is 8.12. The van der Waals surface area contributed by atoms with Crippen LogP contribution in [0.3, 0.4) is 0 Å². The summed E-state index contributed by atoms with van der Waals surface area (Å²) >= 11 is 0. The minimum atomic E-state index is 0.00907. The number of fused-ring (bicyclic) bond motifs is 3. The van der Waals surface area contributed by atoms with Gasteiger partial charge in [-0.1, -0.05) is 118 Å². The summed E-state index contributed by atoms with van der Waals surface area (Å²) in [7, 11) is 0. The SMILES string of the molecule is CC1(C)c2cc(-c3ccc4ccc5cccc6ccc3c4c56)ccc2-c2ccc(C3CCCCC3)cc21. The maximum Gasteiger partial charge on any atom is 0.0159 e. The van der Waals surface area contributed by atoms with Crippen molar-refractivity contribution in [1.29, 1.82) is 0 Å². The number of hydrogen-bond donors (Lipinski definition) is 0. The molecule has 0 aliphatic heterocycles. The summed E-state index contributed by atoms with van der Waals surface area (Å²) in [6.45, 7) is 4.85. The molecule has 1 saturated carbocycles. The van der Waals surface area contributed by atoms with E-state index >= 15 is 0 Å². The van der Waals surface area contributed by atoms with Crippen molar-refractivity contribution in [3.63, 3.8) is 0 Å². The molecule has 6 aromatic rings. The molecule has 0 saturated heterocycles. The number of benzene rings is 6. The fraction of sp³-hybridized carbons (Fsp3) is 0.243. The largest absolute Gasteiger partial charge is 0.0610 e. The monoisotopic (exact) mass is 476 g/mol. The topological polar surface area (TPSA) is 0 Å². The Morgan fingerprint density at radius 2 is 1.19 bits per heavy atom. The van der Waals surface area contributed by atoms with Gasteiger partial charge in [0, 0.05) is 5.41 Å². The van der Waals surface area contributed by atoms with Gasteiger partial charge in [-0.15, -0.1) is 0 Å². The molecule has 0 atom stereocenters. The van der Waals surface area contributed by atoms with Crippen LogP contribution in [0.5, 0.6) is 0 Å². The fourth-order valence-corrected chi connectivity index (χ4v) is 7.60. The third-order valence-corrected chi connectivity index (χ3v) is 9.62. The van der Waals surface area contributed by atoms with Gasteiger partial charge in [0.25, 0.3) is 0 Å². The maximum absolute atomic E-state index is 2.56. The molecule has 180 valence electrons. The van der Waals surface area contributed by atoms with Gasteiger partial charge in [-0.3, -0.25) is 0 Å². The molecule has 0 N–H and O–H groups in total. The van der Waals surface area contributed by atoms with Crippen molar-refractivity contribution in [2.45, 2.75) is 57.3 Å². The summed E-state index contributed by atoms with van der Waals surface area (Å²) in [6, 6.07) is 35.1. The molecule has 0 amide bonds. The highest BCUT2D eigenvalue weighted by Crippen LogP contribution is 2.51. The van der Waals surface area contributed by atoms with Crippen LogP contribution >= 0.6 is 0 Å². The first kappa shape index (κ1) is 21.4. The van der Waals surface area contributed by atoms with E-state index in [4.69, 9.17) is 0 Å². The van der Waals surface area contributed by atoms with Crippen LogP contribution in [0.2, 0.25) is 0 Å². The van der Waals surface area contributed by atoms with E-state index in [1.54, 1.807) is 5.56 Å². The lowest BCUT2D eigenvalue weighted by Crippen LogP contribution is -2.16. The summed E-state index contributed by atoms with van der Waals surface area (Å²) in [5.41, 5.74) is 10.1. The second-order valence-electron chi connectivity index (χ2n) is 12.0. The van der Waals surface area contributed by atoms with E-state index in [1.807, 2.05) is 0 Å². The first-order valence-corrected chi connectivity index (χ1v) is 14.1. The molecular weight excluding hydrogens is 444 g/mol. The molecule has 2 aliphatic carbocycles. The third kappa shape index (κ3) is 3.02. The van der Waals surface area contributed by atoms with E-state index in [9.17, 15) is 0 Å². The van der Waals surface area contributed by atoms with Crippen molar-refractivity contribution >= 4 is 32.3 Å². The quantitative estimate of drug-likeness (QED) is 0.218. The molecule has 0 radical (unpaired) electrons. The Balaban J connectivity index is 1.29. The molecule has 2 aliphatic rings. The van der Waals surface area contributed by atoms with Crippen LogP contribution in [0.25, 0.3) is 54.6 Å². The molecule has 0 bridgehead atoms. The Bertz CT molecular complexity index is 1810. The smallest absolute Gasteiger partial charge is 0.0159 e. The van der Waals surface area contributed by atoms with Gasteiger partial charge >= 0.3 is 0 Å². The van der Waals surface area contributed by atoms with E-state index in [1.165, 1.54) is 97.8 Å². The molecule has 0 aromatic heterocycles. The summed E-state index contributed by atoms with van der Waals surface area (Å²) < 4.78 is 0. The van der Waals surface area contributed by atoms with E-state index < -0.39 is 0 Å². The van der Waals surface area contributed by atoms with Gasteiger partial charge in [0.15, 0.2) is 0 Å². The van der Waals surface area contributed by atoms with Crippen LogP contribution in [0.15, 0.2) is 91.0 Å². The predicted octanol–water partition coefficient (Wildman–Crippen LogP) is 10.6. The lowest BCUT2D eigenvalue weighted by Gasteiger charge is -2.26. The lowest BCUT2D eigenvalue weighted by atomic mass is 9.78. The Labute approximate surface area is 219 Å². The molecule has 0 nitrogen and oxygen atoms in total. The van der Waals surface area contributed by atoms with Crippen LogP contribution in [0.1, 0.15) is 68.6 Å². The summed E-state index contributed by atoms with van der Waals surface area (Å²) in [4.78, 5) is 0. The summed E-state index contributed by atoms with van der Waals surface area (Å²) in [5.74, 6) is 0.742. The normalized spacial score (nSPS) is 17.0.